The van der Waals surface area contributed by atoms with Gasteiger partial charge in [-0.15, -0.1) is 0 Å². The van der Waals surface area contributed by atoms with Gasteiger partial charge in [-0.05, 0) is 195 Å². The van der Waals surface area contributed by atoms with E-state index in [0.717, 1.165) is 240 Å². The van der Waals surface area contributed by atoms with Gasteiger partial charge in [0.2, 0.25) is 17.8 Å². The van der Waals surface area contributed by atoms with Gasteiger partial charge in [0.05, 0.1) is 62.3 Å². The Bertz CT molecular complexity index is 5800. The van der Waals surface area contributed by atoms with Gasteiger partial charge < -0.3 is 73.8 Å². The zero-order valence-electron chi connectivity index (χ0n) is 68.2. The van der Waals surface area contributed by atoms with Crippen LogP contribution in [-0.4, -0.2) is 181 Å². The van der Waals surface area contributed by atoms with Crippen molar-refractivity contribution < 1.29 is 29.2 Å². The second-order valence-corrected chi connectivity index (χ2v) is 31.5. The molecular weight excluding hydrogens is 1510 g/mol. The molecule has 1 aliphatic carbocycles. The first kappa shape index (κ1) is 79.3. The van der Waals surface area contributed by atoms with Crippen LogP contribution in [0.5, 0.6) is 23.0 Å². The Hall–Kier alpha value is -12.2. The molecule has 0 spiro atoms. The van der Waals surface area contributed by atoms with Gasteiger partial charge in [-0.2, -0.15) is 15.0 Å². The van der Waals surface area contributed by atoms with Gasteiger partial charge in [0, 0.05) is 159 Å². The number of nitrogens with one attached hydrogen (secondary N) is 2. The van der Waals surface area contributed by atoms with E-state index >= 15 is 0 Å². The number of β-amino-alcohol motifs (C(OH)–C–C–N with tert-alkyl or cyclic N) is 1. The first-order valence-corrected chi connectivity index (χ1v) is 42.2. The maximum Gasteiger partial charge on any atom is 0.228 e. The number of nitrogens with zero attached hydrogens (tertiary/aromatic N) is 14. The minimum atomic E-state index is -0.508. The van der Waals surface area contributed by atoms with E-state index in [-0.39, 0.29) is 6.61 Å². The fourth-order valence-corrected chi connectivity index (χ4v) is 17.4. The molecule has 5 aliphatic rings. The molecule has 0 amide bonds. The summed E-state index contributed by atoms with van der Waals surface area (Å²) in [6.07, 6.45) is 5.15. The zero-order valence-corrected chi connectivity index (χ0v) is 69.0. The van der Waals surface area contributed by atoms with Gasteiger partial charge in [-0.25, -0.2) is 15.0 Å². The lowest BCUT2D eigenvalue weighted by Crippen LogP contribution is -2.49. The van der Waals surface area contributed by atoms with E-state index < -0.39 is 6.10 Å². The van der Waals surface area contributed by atoms with Crippen LogP contribution >= 0.6 is 11.6 Å². The summed E-state index contributed by atoms with van der Waals surface area (Å²) in [5, 5.41) is 33.6. The van der Waals surface area contributed by atoms with Crippen LogP contribution in [0.3, 0.4) is 0 Å². The average molecular weight is 1610 g/mol. The molecule has 4 aliphatic heterocycles. The Balaban J connectivity index is 0.000000129. The third-order valence-electron chi connectivity index (χ3n) is 23.4. The predicted octanol–water partition coefficient (Wildman–Crippen LogP) is 16.4. The van der Waals surface area contributed by atoms with Gasteiger partial charge in [0.25, 0.3) is 0 Å². The van der Waals surface area contributed by atoms with Crippen LogP contribution in [0.2, 0.25) is 5.02 Å². The molecule has 19 rings (SSSR count). The summed E-state index contributed by atoms with van der Waals surface area (Å²) in [5.41, 5.74) is 16.3. The second-order valence-electron chi connectivity index (χ2n) is 31.1. The molecule has 119 heavy (non-hydrogen) atoms. The number of aryl methyl sites for hydroxylation is 2. The smallest absolute Gasteiger partial charge is 0.228 e. The first-order valence-electron chi connectivity index (χ1n) is 41.8. The molecular formula is C96H103ClN16O6. The Morgan fingerprint density at radius 1 is 0.462 bits per heavy atom. The number of fused-ring (bicyclic) bond motifs is 8. The number of hydrogen-bond acceptors (Lipinski definition) is 21. The maximum absolute atomic E-state index is 11.3. The average Bonchev–Trinajstić information content (AvgIpc) is 1.64. The molecule has 610 valence electrons. The van der Waals surface area contributed by atoms with Gasteiger partial charge in [0.1, 0.15) is 35.6 Å². The van der Waals surface area contributed by atoms with Crippen LogP contribution in [0.1, 0.15) is 53.1 Å². The molecule has 0 bridgehead atoms. The van der Waals surface area contributed by atoms with Crippen molar-refractivity contribution >= 4 is 118 Å². The Kier molecular flexibility index (Phi) is 24.5. The number of aromatic nitrogens is 7. The highest BCUT2D eigenvalue weighted by atomic mass is 35.5. The minimum Gasteiger partial charge on any atom is -0.493 e. The lowest BCUT2D eigenvalue weighted by atomic mass is 9.90. The molecule has 3 saturated heterocycles. The number of benzene rings is 10. The van der Waals surface area contributed by atoms with Crippen LogP contribution in [0, 0.1) is 6.92 Å². The SMILES string of the molecule is CCOc1ccccc1N1CCN(c2nc(N3CCc4cc(OC)c(OC)cc4C3)c3ccccc3n2)CC1.Cc1ccc2c(c1)c1cc(Cl)ccc1n2CC(O)CN1CCN(c2nc(Nc3cccc4c3CCCC4)c3ccccc3n2)CC1.OCCNc1nc(N2CCN(c3ccc(OCc4ccccc4)cc3)CC2)nc2ccccc12. The molecule has 0 saturated carbocycles. The number of ether oxygens (including phenoxy) is 4. The first-order chi connectivity index (χ1) is 58.5. The van der Waals surface area contributed by atoms with Crippen molar-refractivity contribution in [3.05, 3.63) is 257 Å². The number of para-hydroxylation sites is 5. The summed E-state index contributed by atoms with van der Waals surface area (Å²) >= 11 is 6.38. The number of hydrogen-bond donors (Lipinski definition) is 4. The number of methoxy groups -OCH3 is 2. The zero-order chi connectivity index (χ0) is 81.1. The molecule has 10 aromatic carbocycles. The third-order valence-corrected chi connectivity index (χ3v) is 23.6. The fourth-order valence-electron chi connectivity index (χ4n) is 17.2. The molecule has 0 radical (unpaired) electrons. The highest BCUT2D eigenvalue weighted by Crippen LogP contribution is 2.40. The molecule has 4 aromatic heterocycles. The summed E-state index contributed by atoms with van der Waals surface area (Å²) in [7, 11) is 3.37. The Labute approximate surface area is 700 Å². The number of aliphatic hydroxyl groups is 2. The van der Waals surface area contributed by atoms with Crippen molar-refractivity contribution in [3.63, 3.8) is 0 Å². The van der Waals surface area contributed by atoms with Crippen LogP contribution in [0.25, 0.3) is 54.5 Å². The molecule has 22 nitrogen and oxygen atoms in total. The number of aliphatic hydroxyl groups excluding tert-OH is 2. The van der Waals surface area contributed by atoms with Crippen LogP contribution < -0.4 is 59.0 Å². The lowest BCUT2D eigenvalue weighted by Gasteiger charge is -2.37. The normalized spacial score (nSPS) is 15.3. The summed E-state index contributed by atoms with van der Waals surface area (Å²) in [4.78, 5) is 46.2. The highest BCUT2D eigenvalue weighted by molar-refractivity contribution is 6.32. The monoisotopic (exact) mass is 1610 g/mol. The van der Waals surface area contributed by atoms with E-state index in [1.807, 2.05) is 97.9 Å². The van der Waals surface area contributed by atoms with E-state index in [4.69, 9.17) is 60.5 Å². The van der Waals surface area contributed by atoms with Crippen LogP contribution in [0.4, 0.5) is 52.4 Å². The number of rotatable bonds is 22. The van der Waals surface area contributed by atoms with Crippen molar-refractivity contribution in [3.8, 4) is 23.0 Å². The molecule has 1 atom stereocenters. The van der Waals surface area contributed by atoms with E-state index in [1.165, 1.54) is 51.7 Å². The van der Waals surface area contributed by atoms with Gasteiger partial charge in [-0.3, -0.25) is 4.90 Å². The topological polar surface area (TPSA) is 206 Å². The molecule has 1 unspecified atom stereocenters. The van der Waals surface area contributed by atoms with Crippen LogP contribution in [0.15, 0.2) is 218 Å². The summed E-state index contributed by atoms with van der Waals surface area (Å²) < 4.78 is 25.2. The predicted molar refractivity (Wildman–Crippen MR) is 482 cm³/mol. The van der Waals surface area contributed by atoms with Gasteiger partial charge in [-0.1, -0.05) is 114 Å². The number of halogens is 1. The largest absolute Gasteiger partial charge is 0.493 e. The van der Waals surface area contributed by atoms with E-state index in [1.54, 1.807) is 14.2 Å². The standard InChI is InChI=1S/C38H39ClN6O.C31H35N5O3.C27H29N5O2/c1-25-13-15-35-31(21-25)32-22-27(39)14-16-36(32)45(35)24-28(46)23-43-17-19-44(20-18-43)38-41-34-11-5-4-10-30(34)37(42-38)40-33-12-6-8-26-7-2-3-9-29(26)33;1-4-39-27-12-8-7-11-26(27)34-15-17-35(18-16-34)31-32-25-10-6-5-9-24(25)30(33-31)36-14-13-22-19-28(37-2)29(38-3)20-23(22)21-36;33-19-14-28-26-24-8-4-5-9-25(24)29-27(30-26)32-17-15-31(16-18-32)22-10-12-23(13-11-22)34-20-21-6-2-1-3-7-21/h4-6,8,10-16,21-22,28,46H,2-3,7,9,17-20,23-24H2,1H3,(H,40,41,42);5-12,19-20H,4,13-18,21H2,1-3H3;1-13,33H,14-20H2,(H,28,29,30). The van der Waals surface area contributed by atoms with E-state index in [9.17, 15) is 10.2 Å². The molecule has 23 heteroatoms. The van der Waals surface area contributed by atoms with Gasteiger partial charge >= 0.3 is 0 Å². The fraction of sp³-hybridized carbons (Fsp3) is 0.312. The van der Waals surface area contributed by atoms with Crippen molar-refractivity contribution in [2.45, 2.75) is 71.8 Å². The maximum atomic E-state index is 11.3. The molecule has 4 N–H and O–H groups in total. The summed E-state index contributed by atoms with van der Waals surface area (Å²) in [6, 6.07) is 74.7. The third kappa shape index (κ3) is 18.0. The van der Waals surface area contributed by atoms with Crippen molar-refractivity contribution in [1.82, 2.24) is 39.4 Å². The van der Waals surface area contributed by atoms with Crippen molar-refractivity contribution in [2.75, 3.05) is 166 Å². The van der Waals surface area contributed by atoms with E-state index in [2.05, 4.69) is 184 Å². The highest BCUT2D eigenvalue weighted by Gasteiger charge is 2.30. The minimum absolute atomic E-state index is 0.0580. The van der Waals surface area contributed by atoms with E-state index in [0.29, 0.717) is 32.8 Å². The van der Waals surface area contributed by atoms with Gasteiger partial charge in [0.15, 0.2) is 11.5 Å². The summed E-state index contributed by atoms with van der Waals surface area (Å²) in [5.74, 6) is 8.24. The number of anilines is 9. The molecule has 8 heterocycles. The van der Waals surface area contributed by atoms with Crippen molar-refractivity contribution in [1.29, 1.82) is 0 Å². The lowest BCUT2D eigenvalue weighted by molar-refractivity contribution is 0.0967. The van der Waals surface area contributed by atoms with Crippen molar-refractivity contribution in [2.24, 2.45) is 0 Å². The Morgan fingerprint density at radius 3 is 1.73 bits per heavy atom. The number of piperazine rings is 3. The van der Waals surface area contributed by atoms with Crippen LogP contribution in [-0.2, 0) is 39.0 Å². The Morgan fingerprint density at radius 2 is 1.04 bits per heavy atom. The second kappa shape index (κ2) is 36.8. The summed E-state index contributed by atoms with van der Waals surface area (Å²) in [6.45, 7) is 18.8. The quantitative estimate of drug-likeness (QED) is 0.0498. The molecule has 14 aromatic rings. The molecule has 3 fully saturated rings.